The van der Waals surface area contributed by atoms with Crippen molar-refractivity contribution >= 4 is 33.9 Å². The van der Waals surface area contributed by atoms with Crippen LogP contribution >= 0.6 is 0 Å². The maximum atomic E-state index is 9.83. The number of nitrogens with one attached hydrogen (secondary N) is 2. The summed E-state index contributed by atoms with van der Waals surface area (Å²) in [5.41, 5.74) is 19.0. The summed E-state index contributed by atoms with van der Waals surface area (Å²) in [4.78, 5) is 13.9. The molecule has 6 rings (SSSR count). The number of anilines is 4. The van der Waals surface area contributed by atoms with Gasteiger partial charge in [0.2, 0.25) is 5.95 Å². The van der Waals surface area contributed by atoms with Crippen molar-refractivity contribution in [1.82, 2.24) is 19.4 Å². The highest BCUT2D eigenvalue weighted by atomic mass is 16.5. The van der Waals surface area contributed by atoms with Gasteiger partial charge in [-0.2, -0.15) is 10.8 Å². The van der Waals surface area contributed by atoms with E-state index in [1.807, 2.05) is 24.3 Å². The van der Waals surface area contributed by atoms with E-state index in [0.29, 0.717) is 29.9 Å². The molecule has 4 heterocycles. The summed E-state index contributed by atoms with van der Waals surface area (Å²) in [7, 11) is 4.25. The molecule has 0 unspecified atom stereocenters. The number of likely N-dealkylation sites (N-methyl/N-ethyl adjacent to an activating group) is 1. The second-order valence-corrected chi connectivity index (χ2v) is 10.3. The van der Waals surface area contributed by atoms with Gasteiger partial charge in [0.25, 0.3) is 0 Å². The highest BCUT2D eigenvalue weighted by molar-refractivity contribution is 5.99. The Bertz CT molecular complexity index is 1690. The Morgan fingerprint density at radius 2 is 2.10 bits per heavy atom. The average molecular weight is 568 g/mol. The summed E-state index contributed by atoms with van der Waals surface area (Å²) >= 11 is 0. The van der Waals surface area contributed by atoms with E-state index in [-0.39, 0.29) is 0 Å². The minimum atomic E-state index is 0.418. The quantitative estimate of drug-likeness (QED) is 0.113. The number of ether oxygens (including phenoxy) is 1. The van der Waals surface area contributed by atoms with Gasteiger partial charge in [0.1, 0.15) is 18.4 Å². The third-order valence-electron chi connectivity index (χ3n) is 7.57. The summed E-state index contributed by atoms with van der Waals surface area (Å²) in [5, 5.41) is 21.9. The molecule has 2 aliphatic rings. The van der Waals surface area contributed by atoms with Crippen LogP contribution in [0.2, 0.25) is 0 Å². The van der Waals surface area contributed by atoms with Gasteiger partial charge in [-0.25, -0.2) is 9.97 Å². The molecular weight excluding hydrogens is 534 g/mol. The molecule has 216 valence electrons. The first kappa shape index (κ1) is 28.2. The van der Waals surface area contributed by atoms with Crippen LogP contribution in [0.1, 0.15) is 17.5 Å². The van der Waals surface area contributed by atoms with E-state index in [9.17, 15) is 5.26 Å². The normalized spacial score (nSPS) is 15.8. The molecule has 4 aromatic rings. The zero-order valence-electron chi connectivity index (χ0n) is 23.7. The molecule has 6 N–H and O–H groups in total. The number of hydrogen-bond acceptors (Lipinski definition) is 10. The van der Waals surface area contributed by atoms with E-state index in [1.165, 1.54) is 0 Å². The van der Waals surface area contributed by atoms with Gasteiger partial charge in [-0.1, -0.05) is 17.4 Å². The zero-order chi connectivity index (χ0) is 29.8. The number of nitriles is 1. The molecule has 0 saturated carbocycles. The van der Waals surface area contributed by atoms with Crippen molar-refractivity contribution in [2.24, 2.45) is 21.5 Å². The number of para-hydroxylation sites is 1. The molecule has 0 spiro atoms. The smallest absolute Gasteiger partial charge is 0.227 e. The number of nitrogen functional groups attached to an aromatic ring is 1. The number of benzene rings is 2. The van der Waals surface area contributed by atoms with E-state index >= 15 is 0 Å². The second kappa shape index (κ2) is 12.1. The van der Waals surface area contributed by atoms with Crippen LogP contribution in [0.15, 0.2) is 58.4 Å². The first-order valence-corrected chi connectivity index (χ1v) is 13.4. The standard InChI is InChI=1S/C28H30N8O.H3N5/c1-17-11-24(35-8-7-19(15-35)34(2)3)22(30)12-23(17)32-28-31-14-18(13-29)26(33-28)21-16-36-9-10-37-25-6-4-5-20(21)27(25)36;1-3-5-4-2/h4-6,11-12,14,16,19H,7-10,15,30H2,1-3H3,(H,31,32,33);(H3,1,2,5)/t19-;/m1./s1. The van der Waals surface area contributed by atoms with Crippen molar-refractivity contribution in [3.8, 4) is 23.1 Å². The van der Waals surface area contributed by atoms with Gasteiger partial charge >= 0.3 is 0 Å². The Hall–Kier alpha value is -5.29. The molecular formula is C28H33N13O. The fourth-order valence-corrected chi connectivity index (χ4v) is 5.44. The molecule has 0 amide bonds. The van der Waals surface area contributed by atoms with Crippen molar-refractivity contribution in [3.05, 3.63) is 53.9 Å². The van der Waals surface area contributed by atoms with Crippen LogP contribution in [0.3, 0.4) is 0 Å². The Labute approximate surface area is 243 Å². The minimum Gasteiger partial charge on any atom is -0.490 e. The Kier molecular flexibility index (Phi) is 8.12. The topological polar surface area (TPSA) is 195 Å². The Morgan fingerprint density at radius 3 is 2.79 bits per heavy atom. The van der Waals surface area contributed by atoms with Crippen LogP contribution < -0.4 is 26.5 Å². The lowest BCUT2D eigenvalue weighted by molar-refractivity contribution is 0.287. The molecule has 0 aliphatic carbocycles. The van der Waals surface area contributed by atoms with Crippen molar-refractivity contribution in [3.63, 3.8) is 0 Å². The van der Waals surface area contributed by atoms with Crippen LogP contribution in [0, 0.1) is 23.8 Å². The van der Waals surface area contributed by atoms with E-state index in [0.717, 1.165) is 70.9 Å². The monoisotopic (exact) mass is 567 g/mol. The fourth-order valence-electron chi connectivity index (χ4n) is 5.44. The van der Waals surface area contributed by atoms with Crippen molar-refractivity contribution < 1.29 is 4.74 Å². The number of aryl methyl sites for hydroxylation is 1. The van der Waals surface area contributed by atoms with Crippen LogP contribution in [-0.2, 0) is 6.54 Å². The van der Waals surface area contributed by atoms with Gasteiger partial charge < -0.3 is 36.0 Å². The van der Waals surface area contributed by atoms with Crippen molar-refractivity contribution in [2.75, 3.05) is 49.7 Å². The van der Waals surface area contributed by atoms with E-state index < -0.39 is 0 Å². The predicted molar refractivity (Wildman–Crippen MR) is 161 cm³/mol. The summed E-state index contributed by atoms with van der Waals surface area (Å²) in [6.45, 7) is 5.38. The number of hydrogen-bond donors (Lipinski definition) is 4. The maximum Gasteiger partial charge on any atom is 0.227 e. The molecule has 42 heavy (non-hydrogen) atoms. The van der Waals surface area contributed by atoms with Crippen molar-refractivity contribution in [1.29, 1.82) is 10.8 Å². The number of aromatic nitrogens is 3. The Balaban J connectivity index is 0.000000652. The molecule has 2 aliphatic heterocycles. The number of nitrogens with two attached hydrogens (primary N) is 2. The molecule has 0 bridgehead atoms. The molecule has 2 aromatic carbocycles. The first-order chi connectivity index (χ1) is 20.3. The highest BCUT2D eigenvalue weighted by Gasteiger charge is 2.26. The molecule has 0 radical (unpaired) electrons. The average Bonchev–Trinajstić information content (AvgIpc) is 3.63. The summed E-state index contributed by atoms with van der Waals surface area (Å²) in [6.07, 6.45) is 4.75. The van der Waals surface area contributed by atoms with Gasteiger partial charge in [-0.15, -0.1) is 0 Å². The van der Waals surface area contributed by atoms with Gasteiger partial charge in [-0.3, -0.25) is 0 Å². The SMILES string of the molecule is Cc1cc(N2CC[C@@H](N(C)C)C2)c(N)cc1Nc1ncc(C#N)c(-c2cn3c4c(cccc24)OCC3)n1.N=N/N=N/N. The molecule has 14 nitrogen and oxygen atoms in total. The molecule has 1 atom stereocenters. The first-order valence-electron chi connectivity index (χ1n) is 13.4. The van der Waals surface area contributed by atoms with Crippen molar-refractivity contribution in [2.45, 2.75) is 25.9 Å². The molecule has 2 aromatic heterocycles. The lowest BCUT2D eigenvalue weighted by Gasteiger charge is -2.24. The second-order valence-electron chi connectivity index (χ2n) is 10.3. The van der Waals surface area contributed by atoms with E-state index in [2.05, 4.69) is 85.5 Å². The van der Waals surface area contributed by atoms with Crippen LogP contribution in [0.5, 0.6) is 5.75 Å². The molecule has 1 saturated heterocycles. The van der Waals surface area contributed by atoms with E-state index in [1.54, 1.807) is 6.20 Å². The largest absolute Gasteiger partial charge is 0.490 e. The molecule has 14 heteroatoms. The Morgan fingerprint density at radius 1 is 1.26 bits per heavy atom. The third-order valence-corrected chi connectivity index (χ3v) is 7.57. The van der Waals surface area contributed by atoms with Crippen LogP contribution in [0.25, 0.3) is 22.2 Å². The summed E-state index contributed by atoms with van der Waals surface area (Å²) in [6, 6.07) is 12.8. The number of rotatable bonds is 6. The van der Waals surface area contributed by atoms with E-state index in [4.69, 9.17) is 21.0 Å². The van der Waals surface area contributed by atoms with Gasteiger partial charge in [0.05, 0.1) is 40.9 Å². The summed E-state index contributed by atoms with van der Waals surface area (Å²) < 4.78 is 8.01. The predicted octanol–water partition coefficient (Wildman–Crippen LogP) is 4.40. The maximum absolute atomic E-state index is 9.83. The van der Waals surface area contributed by atoms with Crippen LogP contribution in [-0.4, -0.2) is 59.3 Å². The lowest BCUT2D eigenvalue weighted by Crippen LogP contribution is -2.31. The fraction of sp³-hybridized carbons (Fsp3) is 0.321. The third kappa shape index (κ3) is 5.50. The van der Waals surface area contributed by atoms with Gasteiger partial charge in [0.15, 0.2) is 0 Å². The van der Waals surface area contributed by atoms with Gasteiger partial charge in [0, 0.05) is 42.0 Å². The highest BCUT2D eigenvalue weighted by Crippen LogP contribution is 2.38. The lowest BCUT2D eigenvalue weighted by atomic mass is 10.1. The summed E-state index contributed by atoms with van der Waals surface area (Å²) in [5.74, 6) is 5.65. The molecule has 1 fully saturated rings. The number of nitrogens with zero attached hydrogens (tertiary/aromatic N) is 9. The van der Waals surface area contributed by atoms with Gasteiger partial charge in [-0.05, 0) is 61.6 Å². The van der Waals surface area contributed by atoms with Crippen LogP contribution in [0.4, 0.5) is 23.0 Å². The zero-order valence-corrected chi connectivity index (χ0v) is 23.7. The minimum absolute atomic E-state index is 0.418.